The second-order valence-corrected chi connectivity index (χ2v) is 5.99. The van der Waals surface area contributed by atoms with E-state index in [9.17, 15) is 4.79 Å². The Labute approximate surface area is 114 Å². The van der Waals surface area contributed by atoms with E-state index in [1.165, 1.54) is 0 Å². The summed E-state index contributed by atoms with van der Waals surface area (Å²) in [5.74, 6) is -0.00183. The van der Waals surface area contributed by atoms with Gasteiger partial charge in [0.05, 0.1) is 0 Å². The zero-order valence-electron chi connectivity index (χ0n) is 11.6. The number of hydrogen-bond donors (Lipinski definition) is 1. The van der Waals surface area contributed by atoms with Gasteiger partial charge in [0.1, 0.15) is 6.04 Å². The van der Waals surface area contributed by atoms with Crippen LogP contribution in [-0.4, -0.2) is 30.4 Å². The Kier molecular flexibility index (Phi) is 4.77. The molecular formula is C14H21ClN2O. The Morgan fingerprint density at radius 1 is 1.28 bits per heavy atom. The summed E-state index contributed by atoms with van der Waals surface area (Å²) in [5, 5.41) is 3.92. The first-order valence-corrected chi connectivity index (χ1v) is 6.33. The van der Waals surface area contributed by atoms with Gasteiger partial charge in [0.25, 0.3) is 0 Å². The highest BCUT2D eigenvalue weighted by molar-refractivity contribution is 6.31. The van der Waals surface area contributed by atoms with Crippen molar-refractivity contribution in [1.82, 2.24) is 10.2 Å². The Bertz CT molecular complexity index is 424. The van der Waals surface area contributed by atoms with Gasteiger partial charge in [0.2, 0.25) is 5.91 Å². The fraction of sp³-hybridized carbons (Fsp3) is 0.500. The van der Waals surface area contributed by atoms with Gasteiger partial charge >= 0.3 is 0 Å². The van der Waals surface area contributed by atoms with Crippen molar-refractivity contribution < 1.29 is 4.79 Å². The quantitative estimate of drug-likeness (QED) is 0.914. The number of nitrogens with zero attached hydrogens (tertiary/aromatic N) is 1. The van der Waals surface area contributed by atoms with Crippen molar-refractivity contribution in [3.8, 4) is 0 Å². The Balaban J connectivity index is 3.13. The van der Waals surface area contributed by atoms with Crippen LogP contribution in [-0.2, 0) is 4.79 Å². The number of carbonyl (C=O) groups is 1. The lowest BCUT2D eigenvalue weighted by Gasteiger charge is -2.30. The summed E-state index contributed by atoms with van der Waals surface area (Å²) in [7, 11) is 3.49. The summed E-state index contributed by atoms with van der Waals surface area (Å²) < 4.78 is 0. The Morgan fingerprint density at radius 2 is 1.83 bits per heavy atom. The van der Waals surface area contributed by atoms with E-state index in [-0.39, 0.29) is 11.4 Å². The van der Waals surface area contributed by atoms with Gasteiger partial charge < -0.3 is 4.90 Å². The maximum Gasteiger partial charge on any atom is 0.243 e. The van der Waals surface area contributed by atoms with Crippen LogP contribution < -0.4 is 5.32 Å². The van der Waals surface area contributed by atoms with Crippen LogP contribution in [0.25, 0.3) is 0 Å². The molecular weight excluding hydrogens is 248 g/mol. The van der Waals surface area contributed by atoms with Crippen LogP contribution in [0.3, 0.4) is 0 Å². The highest BCUT2D eigenvalue weighted by atomic mass is 35.5. The summed E-state index contributed by atoms with van der Waals surface area (Å²) in [6.45, 7) is 6.08. The average molecular weight is 269 g/mol. The average Bonchev–Trinajstić information content (AvgIpc) is 2.24. The van der Waals surface area contributed by atoms with Crippen molar-refractivity contribution in [1.29, 1.82) is 0 Å². The number of benzene rings is 1. The predicted octanol–water partition coefficient (Wildman–Crippen LogP) is 2.86. The van der Waals surface area contributed by atoms with Gasteiger partial charge in [-0.25, -0.2) is 0 Å². The van der Waals surface area contributed by atoms with Crippen molar-refractivity contribution in [2.75, 3.05) is 14.1 Å². The number of hydrogen-bond acceptors (Lipinski definition) is 2. The molecule has 0 spiro atoms. The lowest BCUT2D eigenvalue weighted by molar-refractivity contribution is -0.131. The third-order valence-corrected chi connectivity index (χ3v) is 2.83. The lowest BCUT2D eigenvalue weighted by Crippen LogP contribution is -2.45. The van der Waals surface area contributed by atoms with Crippen LogP contribution in [0, 0.1) is 0 Å². The van der Waals surface area contributed by atoms with Crippen LogP contribution in [0.1, 0.15) is 32.4 Å². The monoisotopic (exact) mass is 268 g/mol. The van der Waals surface area contributed by atoms with E-state index in [0.717, 1.165) is 5.56 Å². The molecule has 18 heavy (non-hydrogen) atoms. The Morgan fingerprint density at radius 3 is 2.28 bits per heavy atom. The molecule has 1 atom stereocenters. The molecule has 1 aromatic carbocycles. The second-order valence-electron chi connectivity index (χ2n) is 5.58. The molecule has 0 aromatic heterocycles. The molecule has 0 saturated heterocycles. The minimum atomic E-state index is -0.423. The molecule has 0 aliphatic heterocycles. The van der Waals surface area contributed by atoms with Crippen molar-refractivity contribution in [2.24, 2.45) is 0 Å². The first-order chi connectivity index (χ1) is 8.22. The molecule has 4 heteroatoms. The zero-order valence-corrected chi connectivity index (χ0v) is 12.4. The highest BCUT2D eigenvalue weighted by Gasteiger charge is 2.27. The minimum absolute atomic E-state index is 0.00183. The molecule has 1 N–H and O–H groups in total. The third kappa shape index (κ3) is 4.00. The normalized spacial score (nSPS) is 13.2. The van der Waals surface area contributed by atoms with Gasteiger partial charge in [-0.15, -0.1) is 0 Å². The van der Waals surface area contributed by atoms with Crippen molar-refractivity contribution in [3.63, 3.8) is 0 Å². The first-order valence-electron chi connectivity index (χ1n) is 5.95. The number of carbonyl (C=O) groups excluding carboxylic acids is 1. The van der Waals surface area contributed by atoms with E-state index in [4.69, 9.17) is 11.6 Å². The number of rotatable bonds is 3. The molecule has 3 nitrogen and oxygen atoms in total. The molecule has 100 valence electrons. The fourth-order valence-electron chi connectivity index (χ4n) is 1.67. The van der Waals surface area contributed by atoms with Crippen LogP contribution >= 0.6 is 11.6 Å². The van der Waals surface area contributed by atoms with E-state index < -0.39 is 6.04 Å². The van der Waals surface area contributed by atoms with Crippen molar-refractivity contribution in [2.45, 2.75) is 32.4 Å². The van der Waals surface area contributed by atoms with E-state index >= 15 is 0 Å². The van der Waals surface area contributed by atoms with Crippen LogP contribution in [0.4, 0.5) is 0 Å². The summed E-state index contributed by atoms with van der Waals surface area (Å²) >= 11 is 6.19. The summed E-state index contributed by atoms with van der Waals surface area (Å²) in [6.07, 6.45) is 0. The second kappa shape index (κ2) is 5.72. The number of halogens is 1. The van der Waals surface area contributed by atoms with Gasteiger partial charge in [-0.05, 0) is 32.4 Å². The lowest BCUT2D eigenvalue weighted by atomic mass is 10.0. The van der Waals surface area contributed by atoms with Crippen LogP contribution in [0.5, 0.6) is 0 Å². The van der Waals surface area contributed by atoms with Crippen molar-refractivity contribution >= 4 is 17.5 Å². The zero-order chi connectivity index (χ0) is 13.9. The number of nitrogens with one attached hydrogen (secondary N) is 1. The first kappa shape index (κ1) is 15.0. The third-order valence-electron chi connectivity index (χ3n) is 2.48. The summed E-state index contributed by atoms with van der Waals surface area (Å²) in [6, 6.07) is 7.01. The maximum absolute atomic E-state index is 12.3. The van der Waals surface area contributed by atoms with Gasteiger partial charge in [-0.3, -0.25) is 10.1 Å². The largest absolute Gasteiger partial charge is 0.347 e. The SMILES string of the molecule is CN(C)C(=O)[C@@H](NC(C)(C)C)c1ccccc1Cl. The predicted molar refractivity (Wildman–Crippen MR) is 75.8 cm³/mol. The molecule has 1 aromatic rings. The van der Waals surface area contributed by atoms with Crippen molar-refractivity contribution in [3.05, 3.63) is 34.9 Å². The molecule has 0 saturated carbocycles. The molecule has 0 radical (unpaired) electrons. The molecule has 1 amide bonds. The molecule has 0 aliphatic carbocycles. The van der Waals surface area contributed by atoms with Crippen LogP contribution in [0.2, 0.25) is 5.02 Å². The van der Waals surface area contributed by atoms with Gasteiger partial charge in [-0.2, -0.15) is 0 Å². The van der Waals surface area contributed by atoms with Gasteiger partial charge in [0, 0.05) is 24.7 Å². The molecule has 0 heterocycles. The standard InChI is InChI=1S/C14H21ClN2O/c1-14(2,3)16-12(13(18)17(4)5)10-8-6-7-9-11(10)15/h6-9,12,16H,1-5H3/t12-/m0/s1. The number of amides is 1. The topological polar surface area (TPSA) is 32.3 Å². The number of likely N-dealkylation sites (N-methyl/N-ethyl adjacent to an activating group) is 1. The van der Waals surface area contributed by atoms with Gasteiger partial charge in [0.15, 0.2) is 0 Å². The minimum Gasteiger partial charge on any atom is -0.347 e. The fourth-order valence-corrected chi connectivity index (χ4v) is 1.92. The maximum atomic E-state index is 12.3. The highest BCUT2D eigenvalue weighted by Crippen LogP contribution is 2.25. The van der Waals surface area contributed by atoms with E-state index in [2.05, 4.69) is 5.32 Å². The smallest absolute Gasteiger partial charge is 0.243 e. The van der Waals surface area contributed by atoms with E-state index in [0.29, 0.717) is 5.02 Å². The molecule has 0 unspecified atom stereocenters. The van der Waals surface area contributed by atoms with E-state index in [1.807, 2.05) is 39.0 Å². The van der Waals surface area contributed by atoms with E-state index in [1.54, 1.807) is 25.1 Å². The molecule has 0 aliphatic rings. The molecule has 0 bridgehead atoms. The summed E-state index contributed by atoms with van der Waals surface area (Å²) in [5.41, 5.74) is 0.642. The van der Waals surface area contributed by atoms with Gasteiger partial charge in [-0.1, -0.05) is 29.8 Å². The van der Waals surface area contributed by atoms with Crippen LogP contribution in [0.15, 0.2) is 24.3 Å². The summed E-state index contributed by atoms with van der Waals surface area (Å²) in [4.78, 5) is 13.9. The molecule has 1 rings (SSSR count). The molecule has 0 fully saturated rings. The Hall–Kier alpha value is -1.06.